The van der Waals surface area contributed by atoms with Gasteiger partial charge in [0.1, 0.15) is 23.7 Å². The van der Waals surface area contributed by atoms with E-state index in [-0.39, 0.29) is 5.91 Å². The highest BCUT2D eigenvalue weighted by molar-refractivity contribution is 5.93. The molecule has 3 heterocycles. The van der Waals surface area contributed by atoms with E-state index < -0.39 is 0 Å². The Bertz CT molecular complexity index is 743. The van der Waals surface area contributed by atoms with Crippen LogP contribution in [0.15, 0.2) is 36.4 Å². The Morgan fingerprint density at radius 1 is 1.20 bits per heavy atom. The molecule has 6 nitrogen and oxygen atoms in total. The number of amides is 1. The number of fused-ring (bicyclic) bond motifs is 1. The summed E-state index contributed by atoms with van der Waals surface area (Å²) in [6.45, 7) is 3.96. The van der Waals surface area contributed by atoms with Gasteiger partial charge in [0.25, 0.3) is 5.91 Å². The molecule has 1 amide bonds. The Balaban J connectivity index is 1.45. The topological polar surface area (TPSA) is 50.6 Å². The first-order valence-electron chi connectivity index (χ1n) is 8.95. The first kappa shape index (κ1) is 16.1. The molecule has 0 saturated carbocycles. The number of para-hydroxylation sites is 1. The van der Waals surface area contributed by atoms with E-state index in [1.807, 2.05) is 46.0 Å². The van der Waals surface area contributed by atoms with Crippen molar-refractivity contribution in [2.75, 3.05) is 26.7 Å². The predicted octanol–water partition coefficient (Wildman–Crippen LogP) is 2.01. The lowest BCUT2D eigenvalue weighted by Gasteiger charge is -2.39. The molecule has 2 aliphatic rings. The van der Waals surface area contributed by atoms with Crippen LogP contribution in [0.2, 0.25) is 0 Å². The third kappa shape index (κ3) is 3.39. The van der Waals surface area contributed by atoms with Gasteiger partial charge in [0.15, 0.2) is 0 Å². The van der Waals surface area contributed by atoms with Crippen molar-refractivity contribution in [1.82, 2.24) is 19.6 Å². The molecule has 0 bridgehead atoms. The molecule has 1 aromatic heterocycles. The zero-order valence-electron chi connectivity index (χ0n) is 14.6. The van der Waals surface area contributed by atoms with E-state index >= 15 is 0 Å². The van der Waals surface area contributed by atoms with Gasteiger partial charge in [0.2, 0.25) is 0 Å². The van der Waals surface area contributed by atoms with Gasteiger partial charge in [-0.15, -0.1) is 0 Å². The lowest BCUT2D eigenvalue weighted by Crippen LogP contribution is -2.52. The van der Waals surface area contributed by atoms with Gasteiger partial charge in [-0.25, -0.2) is 0 Å². The second-order valence-electron chi connectivity index (χ2n) is 6.90. The molecule has 0 radical (unpaired) electrons. The summed E-state index contributed by atoms with van der Waals surface area (Å²) in [4.78, 5) is 17.3. The van der Waals surface area contributed by atoms with Gasteiger partial charge in [0, 0.05) is 19.1 Å². The zero-order chi connectivity index (χ0) is 17.2. The molecule has 2 aliphatic heterocycles. The largest absolute Gasteiger partial charge is 0.487 e. The summed E-state index contributed by atoms with van der Waals surface area (Å²) in [5.74, 6) is 0.914. The molecule has 4 rings (SSSR count). The normalized spacial score (nSPS) is 21.2. The molecule has 0 aliphatic carbocycles. The van der Waals surface area contributed by atoms with Crippen molar-refractivity contribution in [1.29, 1.82) is 0 Å². The summed E-state index contributed by atoms with van der Waals surface area (Å²) in [6, 6.07) is 11.9. The summed E-state index contributed by atoms with van der Waals surface area (Å²) in [6.07, 6.45) is 2.24. The van der Waals surface area contributed by atoms with Crippen molar-refractivity contribution in [3.63, 3.8) is 0 Å². The number of benzene rings is 1. The molecule has 1 atom stereocenters. The second kappa shape index (κ2) is 6.88. The lowest BCUT2D eigenvalue weighted by atomic mass is 10.0. The first-order valence-corrected chi connectivity index (χ1v) is 8.95. The van der Waals surface area contributed by atoms with E-state index in [0.29, 0.717) is 18.3 Å². The Morgan fingerprint density at radius 2 is 2.04 bits per heavy atom. The molecule has 1 aromatic carbocycles. The van der Waals surface area contributed by atoms with Crippen LogP contribution < -0.4 is 4.74 Å². The quantitative estimate of drug-likeness (QED) is 0.854. The molecule has 1 saturated heterocycles. The number of carbonyl (C=O) groups is 1. The van der Waals surface area contributed by atoms with Crippen molar-refractivity contribution in [3.8, 4) is 5.75 Å². The van der Waals surface area contributed by atoms with Gasteiger partial charge in [-0.05, 0) is 44.6 Å². The summed E-state index contributed by atoms with van der Waals surface area (Å²) < 4.78 is 7.58. The van der Waals surface area contributed by atoms with E-state index in [1.165, 1.54) is 0 Å². The molecular formula is C19H24N4O2. The van der Waals surface area contributed by atoms with Crippen molar-refractivity contribution < 1.29 is 9.53 Å². The van der Waals surface area contributed by atoms with Crippen LogP contribution in [-0.4, -0.2) is 58.2 Å². The maximum absolute atomic E-state index is 12.9. The summed E-state index contributed by atoms with van der Waals surface area (Å²) in [5.41, 5.74) is 1.49. The average molecular weight is 340 g/mol. The average Bonchev–Trinajstić information content (AvgIpc) is 3.05. The van der Waals surface area contributed by atoms with Gasteiger partial charge in [-0.2, -0.15) is 5.10 Å². The third-order valence-electron chi connectivity index (χ3n) is 5.03. The minimum atomic E-state index is 0.102. The number of hydrogen-bond acceptors (Lipinski definition) is 4. The predicted molar refractivity (Wildman–Crippen MR) is 94.6 cm³/mol. The summed E-state index contributed by atoms with van der Waals surface area (Å²) in [7, 11) is 2.13. The van der Waals surface area contributed by atoms with Crippen LogP contribution in [-0.2, 0) is 13.2 Å². The Hall–Kier alpha value is -2.34. The number of ether oxygens (including phenoxy) is 1. The summed E-state index contributed by atoms with van der Waals surface area (Å²) in [5, 5.41) is 4.54. The number of piperidine rings is 1. The minimum Gasteiger partial charge on any atom is -0.487 e. The van der Waals surface area contributed by atoms with Gasteiger partial charge in [-0.3, -0.25) is 9.48 Å². The van der Waals surface area contributed by atoms with Gasteiger partial charge >= 0.3 is 0 Å². The van der Waals surface area contributed by atoms with Crippen LogP contribution in [0.1, 0.15) is 29.0 Å². The monoisotopic (exact) mass is 340 g/mol. The third-order valence-corrected chi connectivity index (χ3v) is 5.03. The standard InChI is InChI=1S/C19H24N4O2/c1-21-9-5-6-16(13-21)22-10-11-23-18(19(22)24)12-15(20-23)14-25-17-7-3-2-4-8-17/h2-4,7-8,12,16H,5-6,9-11,13-14H2,1H3/t16-/m0/s1. The van der Waals surface area contributed by atoms with Crippen LogP contribution in [0.3, 0.4) is 0 Å². The highest BCUT2D eigenvalue weighted by Crippen LogP contribution is 2.22. The molecule has 0 unspecified atom stereocenters. The molecule has 1 fully saturated rings. The van der Waals surface area contributed by atoms with Crippen LogP contribution in [0.5, 0.6) is 5.75 Å². The molecule has 0 N–H and O–H groups in total. The minimum absolute atomic E-state index is 0.102. The number of rotatable bonds is 4. The van der Waals surface area contributed by atoms with Gasteiger partial charge in [0.05, 0.1) is 6.54 Å². The highest BCUT2D eigenvalue weighted by atomic mass is 16.5. The van der Waals surface area contributed by atoms with E-state index in [0.717, 1.165) is 50.5 Å². The molecule has 2 aromatic rings. The number of nitrogens with zero attached hydrogens (tertiary/aromatic N) is 4. The van der Waals surface area contributed by atoms with Crippen molar-refractivity contribution >= 4 is 5.91 Å². The van der Waals surface area contributed by atoms with Crippen LogP contribution in [0.25, 0.3) is 0 Å². The van der Waals surface area contributed by atoms with Crippen LogP contribution in [0, 0.1) is 0 Å². The smallest absolute Gasteiger partial charge is 0.272 e. The highest BCUT2D eigenvalue weighted by Gasteiger charge is 2.33. The fourth-order valence-corrected chi connectivity index (χ4v) is 3.75. The van der Waals surface area contributed by atoms with E-state index in [9.17, 15) is 4.79 Å². The number of carbonyl (C=O) groups excluding carboxylic acids is 1. The molecule has 6 heteroatoms. The maximum atomic E-state index is 12.9. The second-order valence-corrected chi connectivity index (χ2v) is 6.90. The number of likely N-dealkylation sites (tertiary alicyclic amines) is 1. The molecular weight excluding hydrogens is 316 g/mol. The number of likely N-dealkylation sites (N-methyl/N-ethyl adjacent to an activating group) is 1. The van der Waals surface area contributed by atoms with E-state index in [2.05, 4.69) is 17.0 Å². The fourth-order valence-electron chi connectivity index (χ4n) is 3.75. The maximum Gasteiger partial charge on any atom is 0.272 e. The Morgan fingerprint density at radius 3 is 2.84 bits per heavy atom. The van der Waals surface area contributed by atoms with Crippen molar-refractivity contribution in [3.05, 3.63) is 47.8 Å². The molecule has 132 valence electrons. The number of hydrogen-bond donors (Lipinski definition) is 0. The molecule has 0 spiro atoms. The van der Waals surface area contributed by atoms with Gasteiger partial charge < -0.3 is 14.5 Å². The fraction of sp³-hybridized carbons (Fsp3) is 0.474. The Labute approximate surface area is 148 Å². The van der Waals surface area contributed by atoms with Crippen molar-refractivity contribution in [2.24, 2.45) is 0 Å². The summed E-state index contributed by atoms with van der Waals surface area (Å²) >= 11 is 0. The van der Waals surface area contributed by atoms with Gasteiger partial charge in [-0.1, -0.05) is 18.2 Å². The number of aromatic nitrogens is 2. The first-order chi connectivity index (χ1) is 12.2. The van der Waals surface area contributed by atoms with Crippen molar-refractivity contribution in [2.45, 2.75) is 32.0 Å². The Kier molecular flexibility index (Phi) is 4.44. The van der Waals surface area contributed by atoms with E-state index in [1.54, 1.807) is 0 Å². The molecule has 25 heavy (non-hydrogen) atoms. The van der Waals surface area contributed by atoms with E-state index in [4.69, 9.17) is 4.74 Å². The lowest BCUT2D eigenvalue weighted by molar-refractivity contribution is 0.0500. The SMILES string of the molecule is CN1CCC[C@H](N2CCn3nc(COc4ccccc4)cc3C2=O)C1. The van der Waals surface area contributed by atoms with Crippen LogP contribution in [0.4, 0.5) is 0 Å². The zero-order valence-corrected chi connectivity index (χ0v) is 14.6. The van der Waals surface area contributed by atoms with Crippen LogP contribution >= 0.6 is 0 Å².